The van der Waals surface area contributed by atoms with Gasteiger partial charge in [-0.3, -0.25) is 0 Å². The monoisotopic (exact) mass is 458 g/mol. The minimum absolute atomic E-state index is 0.00855. The lowest BCUT2D eigenvalue weighted by atomic mass is 10.4. The topological polar surface area (TPSA) is 94.5 Å². The van der Waals surface area contributed by atoms with E-state index >= 15 is 0 Å². The maximum Gasteiger partial charge on any atom is 0.385 e. The molecule has 0 heterocycles. The lowest BCUT2D eigenvalue weighted by Gasteiger charge is -2.17. The highest BCUT2D eigenvalue weighted by atomic mass is 16.6. The van der Waals surface area contributed by atoms with Crippen LogP contribution in [0.1, 0.15) is 6.92 Å². The van der Waals surface area contributed by atoms with Gasteiger partial charge in [0.2, 0.25) is 0 Å². The summed E-state index contributed by atoms with van der Waals surface area (Å²) in [7, 11) is 0. The number of ether oxygens (including phenoxy) is 4. The Morgan fingerprint density at radius 2 is 1.12 bits per heavy atom. The molecule has 0 aliphatic heterocycles. The van der Waals surface area contributed by atoms with E-state index in [4.69, 9.17) is 29.2 Å². The molecule has 0 spiro atoms. The van der Waals surface area contributed by atoms with Crippen LogP contribution in [-0.4, -0.2) is 75.1 Å². The van der Waals surface area contributed by atoms with E-state index < -0.39 is 12.1 Å². The van der Waals surface area contributed by atoms with Crippen LogP contribution < -0.4 is 0 Å². The molecule has 172 valence electrons. The van der Waals surface area contributed by atoms with E-state index in [2.05, 4.69) is 94.7 Å². The summed E-state index contributed by atoms with van der Waals surface area (Å²) >= 11 is 0. The molecule has 0 saturated heterocycles. The van der Waals surface area contributed by atoms with Crippen molar-refractivity contribution in [3.63, 3.8) is 0 Å². The molecular formula is C27H22O7. The largest absolute Gasteiger partial charge is 0.454 e. The third-order valence-corrected chi connectivity index (χ3v) is 2.85. The molecule has 0 fully saturated rings. The van der Waals surface area contributed by atoms with Crippen LogP contribution >= 0.6 is 0 Å². The minimum Gasteiger partial charge on any atom is -0.454 e. The lowest BCUT2D eigenvalue weighted by molar-refractivity contribution is -0.139. The minimum atomic E-state index is -0.757. The van der Waals surface area contributed by atoms with E-state index in [0.717, 1.165) is 0 Å². The number of aliphatic hydroxyl groups is 2. The van der Waals surface area contributed by atoms with Gasteiger partial charge in [-0.2, -0.15) is 0 Å². The summed E-state index contributed by atoms with van der Waals surface area (Å²) in [4.78, 5) is 11.5. The molecule has 1 unspecified atom stereocenters. The molecule has 0 saturated carbocycles. The van der Waals surface area contributed by atoms with Crippen molar-refractivity contribution in [1.29, 1.82) is 0 Å². The van der Waals surface area contributed by atoms with Crippen molar-refractivity contribution in [3.05, 3.63) is 0 Å². The zero-order valence-electron chi connectivity index (χ0n) is 18.7. The van der Waals surface area contributed by atoms with Crippen LogP contribution in [0.5, 0.6) is 0 Å². The summed E-state index contributed by atoms with van der Waals surface area (Å²) in [5.41, 5.74) is 0. The molecule has 0 aromatic rings. The number of hydrogen-bond acceptors (Lipinski definition) is 7. The number of carbonyl (C=O) groups excluding carboxylic acids is 1. The highest BCUT2D eigenvalue weighted by Crippen LogP contribution is 1.96. The van der Waals surface area contributed by atoms with Crippen molar-refractivity contribution >= 4 is 5.97 Å². The molecule has 0 rings (SSSR count). The Balaban J connectivity index is 4.18. The number of rotatable bonds is 12. The molecule has 0 aromatic heterocycles. The fourth-order valence-electron chi connectivity index (χ4n) is 1.61. The molecule has 0 aliphatic carbocycles. The second-order valence-electron chi connectivity index (χ2n) is 5.35. The van der Waals surface area contributed by atoms with E-state index in [1.807, 2.05) is 0 Å². The van der Waals surface area contributed by atoms with E-state index in [1.54, 1.807) is 6.92 Å². The average Bonchev–Trinajstić information content (AvgIpc) is 2.84. The Labute approximate surface area is 200 Å². The number of aliphatic hydroxyl groups excluding tert-OH is 2. The Morgan fingerprint density at radius 3 is 1.62 bits per heavy atom. The Hall–Kier alpha value is -4.25. The molecule has 0 aliphatic rings. The van der Waals surface area contributed by atoms with Gasteiger partial charge in [-0.1, -0.05) is 5.92 Å². The van der Waals surface area contributed by atoms with Crippen molar-refractivity contribution in [2.45, 2.75) is 13.0 Å². The molecule has 7 heteroatoms. The average molecular weight is 458 g/mol. The summed E-state index contributed by atoms with van der Waals surface area (Å²) in [5, 5.41) is 17.5. The van der Waals surface area contributed by atoms with Crippen molar-refractivity contribution in [1.82, 2.24) is 0 Å². The van der Waals surface area contributed by atoms with Gasteiger partial charge >= 0.3 is 5.97 Å². The summed E-state index contributed by atoms with van der Waals surface area (Å²) in [6.45, 7) is 2.24. The van der Waals surface area contributed by atoms with Gasteiger partial charge in [0.05, 0.1) is 46.2 Å². The molecule has 0 amide bonds. The normalized spacial score (nSPS) is 8.44. The maximum absolute atomic E-state index is 11.5. The first kappa shape index (κ1) is 29.8. The summed E-state index contributed by atoms with van der Waals surface area (Å²) < 4.78 is 20.7. The van der Waals surface area contributed by atoms with E-state index in [-0.39, 0.29) is 52.9 Å². The first-order valence-corrected chi connectivity index (χ1v) is 9.82. The van der Waals surface area contributed by atoms with Gasteiger partial charge < -0.3 is 29.2 Å². The van der Waals surface area contributed by atoms with Crippen LogP contribution in [0.3, 0.4) is 0 Å². The quantitative estimate of drug-likeness (QED) is 0.167. The predicted molar refractivity (Wildman–Crippen MR) is 124 cm³/mol. The van der Waals surface area contributed by atoms with Crippen molar-refractivity contribution in [3.8, 4) is 94.7 Å². The van der Waals surface area contributed by atoms with Crippen LogP contribution in [0.4, 0.5) is 0 Å². The van der Waals surface area contributed by atoms with Crippen LogP contribution in [0.15, 0.2) is 0 Å². The second-order valence-corrected chi connectivity index (χ2v) is 5.35. The lowest BCUT2D eigenvalue weighted by Crippen LogP contribution is -2.28. The molecule has 0 bridgehead atoms. The zero-order valence-corrected chi connectivity index (χ0v) is 18.7. The number of hydrogen-bond donors (Lipinski definition) is 2. The highest BCUT2D eigenvalue weighted by molar-refractivity contribution is 5.89. The van der Waals surface area contributed by atoms with Gasteiger partial charge in [-0.25, -0.2) is 4.79 Å². The van der Waals surface area contributed by atoms with Crippen molar-refractivity contribution in [2.24, 2.45) is 0 Å². The Kier molecular flexibility index (Phi) is 21.9. The number of carbonyl (C=O) groups is 1. The van der Waals surface area contributed by atoms with Crippen LogP contribution in [0.2, 0.25) is 0 Å². The summed E-state index contributed by atoms with van der Waals surface area (Å²) in [6.07, 6.45) is -0.415. The third kappa shape index (κ3) is 22.4. The first-order chi connectivity index (χ1) is 16.7. The van der Waals surface area contributed by atoms with E-state index in [9.17, 15) is 4.79 Å². The second kappa shape index (κ2) is 25.0. The molecule has 7 nitrogen and oxygen atoms in total. The number of esters is 1. The summed E-state index contributed by atoms with van der Waals surface area (Å²) in [6, 6.07) is 0. The molecular weight excluding hydrogens is 436 g/mol. The van der Waals surface area contributed by atoms with Crippen LogP contribution in [0, 0.1) is 94.7 Å². The molecule has 2 N–H and O–H groups in total. The van der Waals surface area contributed by atoms with Gasteiger partial charge in [0.1, 0.15) is 12.7 Å². The van der Waals surface area contributed by atoms with Crippen LogP contribution in [-0.2, 0) is 23.7 Å². The first-order valence-electron chi connectivity index (χ1n) is 9.82. The Morgan fingerprint density at radius 1 is 0.647 bits per heavy atom. The van der Waals surface area contributed by atoms with Crippen LogP contribution in [0.25, 0.3) is 0 Å². The zero-order chi connectivity index (χ0) is 25.0. The molecule has 1 atom stereocenters. The SMILES string of the molecule is CC#CC#CC#CC#CC#CC#CC#CC#CC(=O)OCCOCC(COCCO)OCCO. The highest BCUT2D eigenvalue weighted by Gasteiger charge is 2.10. The smallest absolute Gasteiger partial charge is 0.385 e. The summed E-state index contributed by atoms with van der Waals surface area (Å²) in [5.74, 6) is 38.5. The van der Waals surface area contributed by atoms with E-state index in [1.165, 1.54) is 0 Å². The van der Waals surface area contributed by atoms with Gasteiger partial charge in [-0.05, 0) is 89.8 Å². The predicted octanol–water partition coefficient (Wildman–Crippen LogP) is -1.02. The molecule has 0 radical (unpaired) electrons. The molecule has 0 aromatic carbocycles. The standard InChI is InChI=1S/C27H22O7/c1-2-3-4-5-6-7-8-9-10-11-12-13-14-15-16-17-27(30)34-23-22-32-25-26(33-21-19-29)24-31-20-18-28/h26,28-29H,18-25H2,1H3. The molecule has 34 heavy (non-hydrogen) atoms. The maximum atomic E-state index is 11.5. The fraction of sp³-hybridized carbons (Fsp3) is 0.370. The van der Waals surface area contributed by atoms with Gasteiger partial charge in [-0.15, -0.1) is 0 Å². The van der Waals surface area contributed by atoms with Crippen molar-refractivity contribution < 1.29 is 34.0 Å². The third-order valence-electron chi connectivity index (χ3n) is 2.85. The van der Waals surface area contributed by atoms with Gasteiger partial charge in [0.25, 0.3) is 0 Å². The van der Waals surface area contributed by atoms with E-state index in [0.29, 0.717) is 0 Å². The van der Waals surface area contributed by atoms with Crippen molar-refractivity contribution in [2.75, 3.05) is 52.9 Å². The van der Waals surface area contributed by atoms with Gasteiger partial charge in [0.15, 0.2) is 0 Å². The fourth-order valence-corrected chi connectivity index (χ4v) is 1.61. The Bertz CT molecular complexity index is 1120. The van der Waals surface area contributed by atoms with Gasteiger partial charge in [0, 0.05) is 5.92 Å².